The number of nitrogens with one attached hydrogen (secondary N) is 1. The van der Waals surface area contributed by atoms with Crippen molar-refractivity contribution in [2.75, 3.05) is 0 Å². The molecule has 0 aliphatic carbocycles. The van der Waals surface area contributed by atoms with Crippen LogP contribution in [0.15, 0.2) is 34.5 Å². The molecule has 0 saturated heterocycles. The predicted octanol–water partition coefficient (Wildman–Crippen LogP) is 2.17. The molecule has 1 aliphatic heterocycles. The summed E-state index contributed by atoms with van der Waals surface area (Å²) in [6.07, 6.45) is 4.99. The molecule has 6 nitrogen and oxygen atoms in total. The molecule has 0 bridgehead atoms. The van der Waals surface area contributed by atoms with Gasteiger partial charge in [0.15, 0.2) is 0 Å². The minimum Gasteiger partial charge on any atom is -0.472 e. The summed E-state index contributed by atoms with van der Waals surface area (Å²) in [5.41, 5.74) is 8.93. The molecule has 2 aromatic rings. The van der Waals surface area contributed by atoms with Gasteiger partial charge in [-0.25, -0.2) is 0 Å². The second-order valence-electron chi connectivity index (χ2n) is 4.65. The number of aromatic nitrogens is 2. The smallest absolute Gasteiger partial charge is 0.244 e. The van der Waals surface area contributed by atoms with Crippen molar-refractivity contribution in [2.24, 2.45) is 5.73 Å². The lowest BCUT2D eigenvalue weighted by Crippen LogP contribution is -2.21. The molecule has 2 aromatic heterocycles. The first kappa shape index (κ1) is 12.4. The van der Waals surface area contributed by atoms with Crippen LogP contribution in [-0.2, 0) is 6.42 Å². The van der Waals surface area contributed by atoms with Gasteiger partial charge in [-0.15, -0.1) is 5.10 Å². The summed E-state index contributed by atoms with van der Waals surface area (Å²) in [6.45, 7) is 2.08. The first-order valence-electron chi connectivity index (χ1n) is 6.43. The molecule has 0 amide bonds. The van der Waals surface area contributed by atoms with Crippen LogP contribution >= 0.6 is 0 Å². The zero-order chi connectivity index (χ0) is 14.1. The molecule has 0 unspecified atom stereocenters. The van der Waals surface area contributed by atoms with E-state index in [0.717, 1.165) is 29.7 Å². The van der Waals surface area contributed by atoms with Crippen LogP contribution in [0.25, 0.3) is 0 Å². The van der Waals surface area contributed by atoms with E-state index in [0.29, 0.717) is 11.5 Å². The standard InChI is InChI=1S/C14H14N4O2/c1-2-3-10-12-11(8-4-5-19-7-8)9(6-15)13(16)20-14(12)18-17-10/h4-5,7,11H,2-3,16H2,1H3,(H,17,18)/t11-/m0/s1. The van der Waals surface area contributed by atoms with Crippen molar-refractivity contribution in [1.29, 1.82) is 5.26 Å². The van der Waals surface area contributed by atoms with Crippen LogP contribution in [0, 0.1) is 11.3 Å². The maximum Gasteiger partial charge on any atom is 0.244 e. The minimum atomic E-state index is -0.289. The van der Waals surface area contributed by atoms with Crippen LogP contribution in [0.4, 0.5) is 0 Å². The van der Waals surface area contributed by atoms with E-state index in [2.05, 4.69) is 23.2 Å². The van der Waals surface area contributed by atoms with Crippen molar-refractivity contribution in [2.45, 2.75) is 25.7 Å². The number of ether oxygens (including phenoxy) is 1. The van der Waals surface area contributed by atoms with Gasteiger partial charge in [-0.05, 0) is 12.5 Å². The Morgan fingerprint density at radius 2 is 2.40 bits per heavy atom. The van der Waals surface area contributed by atoms with Crippen molar-refractivity contribution in [3.8, 4) is 11.9 Å². The zero-order valence-corrected chi connectivity index (χ0v) is 11.0. The molecule has 1 aliphatic rings. The molecule has 102 valence electrons. The molecule has 0 saturated carbocycles. The molecule has 6 heteroatoms. The van der Waals surface area contributed by atoms with E-state index in [1.165, 1.54) is 0 Å². The van der Waals surface area contributed by atoms with E-state index in [-0.39, 0.29) is 11.8 Å². The van der Waals surface area contributed by atoms with Crippen molar-refractivity contribution in [3.63, 3.8) is 0 Å². The topological polar surface area (TPSA) is 101 Å². The average molecular weight is 270 g/mol. The maximum atomic E-state index is 9.39. The van der Waals surface area contributed by atoms with Crippen LogP contribution in [0.5, 0.6) is 5.88 Å². The van der Waals surface area contributed by atoms with Crippen LogP contribution in [0.2, 0.25) is 0 Å². The van der Waals surface area contributed by atoms with Gasteiger partial charge in [0.05, 0.1) is 24.0 Å². The number of aryl methyl sites for hydroxylation is 1. The lowest BCUT2D eigenvalue weighted by molar-refractivity contribution is 0.378. The first-order chi connectivity index (χ1) is 9.76. The maximum absolute atomic E-state index is 9.39. The van der Waals surface area contributed by atoms with E-state index in [1.807, 2.05) is 6.07 Å². The Hall–Kier alpha value is -2.68. The number of H-pyrrole nitrogens is 1. The molecule has 3 heterocycles. The number of furan rings is 1. The van der Waals surface area contributed by atoms with Gasteiger partial charge in [0.25, 0.3) is 0 Å². The highest BCUT2D eigenvalue weighted by Crippen LogP contribution is 2.43. The van der Waals surface area contributed by atoms with Crippen LogP contribution < -0.4 is 10.5 Å². The number of nitriles is 1. The van der Waals surface area contributed by atoms with Crippen LogP contribution in [-0.4, -0.2) is 10.2 Å². The fraction of sp³-hybridized carbons (Fsp3) is 0.286. The molecule has 0 aromatic carbocycles. The Kier molecular flexibility index (Phi) is 2.95. The summed E-state index contributed by atoms with van der Waals surface area (Å²) in [4.78, 5) is 0. The number of allylic oxidation sites excluding steroid dienone is 1. The lowest BCUT2D eigenvalue weighted by Gasteiger charge is -2.22. The third kappa shape index (κ3) is 1.75. The Bertz CT molecular complexity index is 691. The first-order valence-corrected chi connectivity index (χ1v) is 6.43. The Morgan fingerprint density at radius 3 is 3.05 bits per heavy atom. The largest absolute Gasteiger partial charge is 0.472 e. The Balaban J connectivity index is 2.19. The van der Waals surface area contributed by atoms with Gasteiger partial charge in [-0.2, -0.15) is 5.26 Å². The molecular formula is C14H14N4O2. The van der Waals surface area contributed by atoms with E-state index in [1.54, 1.807) is 12.5 Å². The van der Waals surface area contributed by atoms with Crippen molar-refractivity contribution in [1.82, 2.24) is 10.2 Å². The number of nitrogens with two attached hydrogens (primary N) is 1. The van der Waals surface area contributed by atoms with Crippen LogP contribution in [0.1, 0.15) is 36.1 Å². The highest BCUT2D eigenvalue weighted by atomic mass is 16.5. The second kappa shape index (κ2) is 4.78. The molecular weight excluding hydrogens is 256 g/mol. The van der Waals surface area contributed by atoms with Crippen molar-refractivity contribution < 1.29 is 9.15 Å². The minimum absolute atomic E-state index is 0.0979. The third-order valence-corrected chi connectivity index (χ3v) is 3.39. The summed E-state index contributed by atoms with van der Waals surface area (Å²) in [5.74, 6) is 0.250. The van der Waals surface area contributed by atoms with Gasteiger partial charge in [0, 0.05) is 11.3 Å². The van der Waals surface area contributed by atoms with Gasteiger partial charge in [-0.3, -0.25) is 5.10 Å². The number of hydrogen-bond donors (Lipinski definition) is 2. The quantitative estimate of drug-likeness (QED) is 0.890. The Morgan fingerprint density at radius 1 is 1.55 bits per heavy atom. The number of aromatic amines is 1. The average Bonchev–Trinajstić information content (AvgIpc) is 3.08. The highest BCUT2D eigenvalue weighted by Gasteiger charge is 2.35. The number of rotatable bonds is 3. The summed E-state index contributed by atoms with van der Waals surface area (Å²) in [5, 5.41) is 16.5. The van der Waals surface area contributed by atoms with Gasteiger partial charge >= 0.3 is 0 Å². The predicted molar refractivity (Wildman–Crippen MR) is 70.6 cm³/mol. The normalized spacial score (nSPS) is 17.5. The van der Waals surface area contributed by atoms with Gasteiger partial charge in [-0.1, -0.05) is 13.3 Å². The van der Waals surface area contributed by atoms with Gasteiger partial charge in [0.2, 0.25) is 11.8 Å². The highest BCUT2D eigenvalue weighted by molar-refractivity contribution is 5.54. The molecule has 3 N–H and O–H groups in total. The van der Waals surface area contributed by atoms with E-state index < -0.39 is 0 Å². The number of nitrogens with zero attached hydrogens (tertiary/aromatic N) is 2. The Labute approximate surface area is 115 Å². The third-order valence-electron chi connectivity index (χ3n) is 3.39. The van der Waals surface area contributed by atoms with Crippen molar-refractivity contribution in [3.05, 3.63) is 46.9 Å². The number of hydrogen-bond acceptors (Lipinski definition) is 5. The van der Waals surface area contributed by atoms with E-state index in [4.69, 9.17) is 14.9 Å². The van der Waals surface area contributed by atoms with Gasteiger partial charge < -0.3 is 14.9 Å². The van der Waals surface area contributed by atoms with Crippen LogP contribution in [0.3, 0.4) is 0 Å². The molecule has 1 atom stereocenters. The summed E-state index contributed by atoms with van der Waals surface area (Å²) in [6, 6.07) is 3.96. The summed E-state index contributed by atoms with van der Waals surface area (Å²) < 4.78 is 10.6. The SMILES string of the molecule is CCCc1[nH]nc2c1[C@@H](c1ccoc1)C(C#N)=C(N)O2. The molecule has 3 rings (SSSR count). The fourth-order valence-electron chi connectivity index (χ4n) is 2.52. The monoisotopic (exact) mass is 270 g/mol. The van der Waals surface area contributed by atoms with E-state index >= 15 is 0 Å². The summed E-state index contributed by atoms with van der Waals surface area (Å²) in [7, 11) is 0. The second-order valence-corrected chi connectivity index (χ2v) is 4.65. The lowest BCUT2D eigenvalue weighted by atomic mass is 9.85. The fourth-order valence-corrected chi connectivity index (χ4v) is 2.52. The van der Waals surface area contributed by atoms with Crippen molar-refractivity contribution >= 4 is 0 Å². The zero-order valence-electron chi connectivity index (χ0n) is 11.0. The molecule has 0 fully saturated rings. The van der Waals surface area contributed by atoms with E-state index in [9.17, 15) is 5.26 Å². The molecule has 0 spiro atoms. The number of fused-ring (bicyclic) bond motifs is 1. The molecule has 0 radical (unpaired) electrons. The summed E-state index contributed by atoms with van der Waals surface area (Å²) >= 11 is 0. The molecule has 20 heavy (non-hydrogen) atoms. The van der Waals surface area contributed by atoms with Gasteiger partial charge in [0.1, 0.15) is 11.6 Å².